The van der Waals surface area contributed by atoms with Gasteiger partial charge in [0.1, 0.15) is 12.0 Å². The van der Waals surface area contributed by atoms with Crippen LogP contribution in [0.3, 0.4) is 0 Å². The molecule has 3 aromatic heterocycles. The van der Waals surface area contributed by atoms with Crippen molar-refractivity contribution < 1.29 is 9.59 Å². The standard InChI is InChI=1S/C26H27ClN8O2/c1-4-33-15-18(14-29-33)21-9-6-10-22(30-21)24(36)32-11-12-34(26(2,3)16-32)25(37)23-28-17-35(31-23)20-8-5-7-19(27)13-20/h5-10,13-15,17H,4,11-12,16H2,1-3H3. The molecule has 11 heteroatoms. The van der Waals surface area contributed by atoms with E-state index in [2.05, 4.69) is 20.2 Å². The number of carbonyl (C=O) groups is 2. The fourth-order valence-electron chi connectivity index (χ4n) is 4.47. The minimum atomic E-state index is -0.633. The Kier molecular flexibility index (Phi) is 6.51. The molecule has 1 saturated heterocycles. The van der Waals surface area contributed by atoms with Gasteiger partial charge < -0.3 is 9.80 Å². The average Bonchev–Trinajstić information content (AvgIpc) is 3.58. The summed E-state index contributed by atoms with van der Waals surface area (Å²) in [4.78, 5) is 39.0. The maximum absolute atomic E-state index is 13.4. The van der Waals surface area contributed by atoms with E-state index in [0.717, 1.165) is 12.1 Å². The Morgan fingerprint density at radius 1 is 1.08 bits per heavy atom. The van der Waals surface area contributed by atoms with Gasteiger partial charge in [0, 0.05) is 43.0 Å². The smallest absolute Gasteiger partial charge is 0.294 e. The van der Waals surface area contributed by atoms with Gasteiger partial charge in [-0.3, -0.25) is 14.3 Å². The van der Waals surface area contributed by atoms with Crippen LogP contribution in [-0.4, -0.2) is 76.3 Å². The van der Waals surface area contributed by atoms with Crippen LogP contribution in [0.25, 0.3) is 16.9 Å². The average molecular weight is 519 g/mol. The number of halogens is 1. The highest BCUT2D eigenvalue weighted by atomic mass is 35.5. The topological polar surface area (TPSA) is 102 Å². The van der Waals surface area contributed by atoms with Crippen LogP contribution in [-0.2, 0) is 6.54 Å². The Morgan fingerprint density at radius 3 is 2.62 bits per heavy atom. The molecular formula is C26H27ClN8O2. The molecule has 10 nitrogen and oxygen atoms in total. The lowest BCUT2D eigenvalue weighted by atomic mass is 9.98. The number of hydrogen-bond donors (Lipinski definition) is 0. The molecule has 0 saturated carbocycles. The third kappa shape index (κ3) is 4.97. The zero-order valence-corrected chi connectivity index (χ0v) is 21.6. The van der Waals surface area contributed by atoms with E-state index >= 15 is 0 Å². The zero-order chi connectivity index (χ0) is 26.2. The van der Waals surface area contributed by atoms with E-state index in [0.29, 0.717) is 41.7 Å². The lowest BCUT2D eigenvalue weighted by Crippen LogP contribution is -2.62. The van der Waals surface area contributed by atoms with Gasteiger partial charge in [-0.2, -0.15) is 5.10 Å². The van der Waals surface area contributed by atoms with Crippen LogP contribution in [0, 0.1) is 0 Å². The predicted octanol–water partition coefficient (Wildman–Crippen LogP) is 3.58. The summed E-state index contributed by atoms with van der Waals surface area (Å²) in [6.45, 7) is 7.72. The highest BCUT2D eigenvalue weighted by molar-refractivity contribution is 6.30. The number of rotatable bonds is 5. The molecule has 1 aliphatic heterocycles. The second-order valence-corrected chi connectivity index (χ2v) is 9.92. The molecule has 1 aromatic carbocycles. The molecule has 37 heavy (non-hydrogen) atoms. The first-order chi connectivity index (χ1) is 17.7. The largest absolute Gasteiger partial charge is 0.333 e. The van der Waals surface area contributed by atoms with Crippen LogP contribution in [0.2, 0.25) is 5.02 Å². The molecule has 0 aliphatic carbocycles. The van der Waals surface area contributed by atoms with E-state index in [4.69, 9.17) is 11.6 Å². The SMILES string of the molecule is CCn1cc(-c2cccc(C(=O)N3CCN(C(=O)c4ncn(-c5cccc(Cl)c5)n4)C(C)(C)C3)n2)cn1. The van der Waals surface area contributed by atoms with E-state index < -0.39 is 5.54 Å². The second kappa shape index (κ2) is 9.78. The fraction of sp³-hybridized carbons (Fsp3) is 0.308. The number of piperazine rings is 1. The summed E-state index contributed by atoms with van der Waals surface area (Å²) in [7, 11) is 0. The molecule has 0 unspecified atom stereocenters. The summed E-state index contributed by atoms with van der Waals surface area (Å²) in [5.41, 5.74) is 1.99. The Morgan fingerprint density at radius 2 is 1.89 bits per heavy atom. The molecule has 4 aromatic rings. The maximum Gasteiger partial charge on any atom is 0.294 e. The number of aryl methyl sites for hydroxylation is 1. The van der Waals surface area contributed by atoms with Crippen molar-refractivity contribution in [2.45, 2.75) is 32.9 Å². The third-order valence-electron chi connectivity index (χ3n) is 6.41. The van der Waals surface area contributed by atoms with E-state index in [1.165, 1.54) is 11.0 Å². The van der Waals surface area contributed by atoms with E-state index in [1.807, 2.05) is 55.9 Å². The van der Waals surface area contributed by atoms with Gasteiger partial charge >= 0.3 is 0 Å². The van der Waals surface area contributed by atoms with Crippen molar-refractivity contribution >= 4 is 23.4 Å². The number of benzene rings is 1. The Labute approximate surface area is 219 Å². The van der Waals surface area contributed by atoms with Gasteiger partial charge in [0.15, 0.2) is 0 Å². The predicted molar refractivity (Wildman–Crippen MR) is 139 cm³/mol. The Hall–Kier alpha value is -4.05. The molecule has 0 radical (unpaired) electrons. The van der Waals surface area contributed by atoms with E-state index in [9.17, 15) is 9.59 Å². The summed E-state index contributed by atoms with van der Waals surface area (Å²) >= 11 is 6.08. The summed E-state index contributed by atoms with van der Waals surface area (Å²) < 4.78 is 3.34. The monoisotopic (exact) mass is 518 g/mol. The van der Waals surface area contributed by atoms with Gasteiger partial charge in [-0.15, -0.1) is 5.10 Å². The highest BCUT2D eigenvalue weighted by Gasteiger charge is 2.40. The molecule has 1 fully saturated rings. The first-order valence-corrected chi connectivity index (χ1v) is 12.4. The van der Waals surface area contributed by atoms with Gasteiger partial charge in [0.2, 0.25) is 5.82 Å². The number of carbonyl (C=O) groups excluding carboxylic acids is 2. The van der Waals surface area contributed by atoms with E-state index in [1.54, 1.807) is 34.2 Å². The molecule has 1 aliphatic rings. The van der Waals surface area contributed by atoms with Crippen molar-refractivity contribution in [3.8, 4) is 16.9 Å². The fourth-order valence-corrected chi connectivity index (χ4v) is 4.66. The van der Waals surface area contributed by atoms with Crippen LogP contribution in [0.4, 0.5) is 0 Å². The van der Waals surface area contributed by atoms with E-state index in [-0.39, 0.29) is 17.6 Å². The van der Waals surface area contributed by atoms with Gasteiger partial charge in [-0.25, -0.2) is 14.6 Å². The minimum absolute atomic E-state index is 0.0924. The van der Waals surface area contributed by atoms with Crippen molar-refractivity contribution in [1.82, 2.24) is 39.3 Å². The summed E-state index contributed by atoms with van der Waals surface area (Å²) in [5.74, 6) is -0.367. The molecule has 2 amide bonds. The first kappa shape index (κ1) is 24.6. The normalized spacial score (nSPS) is 15.1. The quantitative estimate of drug-likeness (QED) is 0.400. The van der Waals surface area contributed by atoms with Gasteiger partial charge in [0.25, 0.3) is 11.8 Å². The second-order valence-electron chi connectivity index (χ2n) is 9.48. The molecule has 0 bridgehead atoms. The highest BCUT2D eigenvalue weighted by Crippen LogP contribution is 2.25. The lowest BCUT2D eigenvalue weighted by Gasteiger charge is -2.46. The van der Waals surface area contributed by atoms with Crippen molar-refractivity contribution in [2.24, 2.45) is 0 Å². The van der Waals surface area contributed by atoms with Crippen molar-refractivity contribution in [3.05, 3.63) is 77.7 Å². The minimum Gasteiger partial charge on any atom is -0.333 e. The molecule has 4 heterocycles. The van der Waals surface area contributed by atoms with Crippen LogP contribution in [0.15, 0.2) is 61.2 Å². The van der Waals surface area contributed by atoms with Crippen LogP contribution in [0.1, 0.15) is 41.9 Å². The third-order valence-corrected chi connectivity index (χ3v) is 6.65. The molecule has 5 rings (SSSR count). The molecule has 0 spiro atoms. The zero-order valence-electron chi connectivity index (χ0n) is 20.9. The number of aromatic nitrogens is 6. The Balaban J connectivity index is 1.30. The van der Waals surface area contributed by atoms with Gasteiger partial charge in [0.05, 0.1) is 23.1 Å². The Bertz CT molecular complexity index is 1460. The number of nitrogens with zero attached hydrogens (tertiary/aromatic N) is 8. The summed E-state index contributed by atoms with van der Waals surface area (Å²) in [5, 5.41) is 9.23. The first-order valence-electron chi connectivity index (χ1n) is 12.0. The van der Waals surface area contributed by atoms with Crippen LogP contribution in [0.5, 0.6) is 0 Å². The lowest BCUT2D eigenvalue weighted by molar-refractivity contribution is 0.0158. The van der Waals surface area contributed by atoms with Crippen molar-refractivity contribution in [2.75, 3.05) is 19.6 Å². The molecule has 0 atom stereocenters. The molecular weight excluding hydrogens is 492 g/mol. The van der Waals surface area contributed by atoms with Gasteiger partial charge in [-0.05, 0) is 51.1 Å². The molecule has 0 N–H and O–H groups in total. The van der Waals surface area contributed by atoms with Crippen LogP contribution < -0.4 is 0 Å². The van der Waals surface area contributed by atoms with Crippen molar-refractivity contribution in [1.29, 1.82) is 0 Å². The molecule has 190 valence electrons. The maximum atomic E-state index is 13.4. The van der Waals surface area contributed by atoms with Crippen molar-refractivity contribution in [3.63, 3.8) is 0 Å². The van der Waals surface area contributed by atoms with Gasteiger partial charge in [-0.1, -0.05) is 23.7 Å². The summed E-state index contributed by atoms with van der Waals surface area (Å²) in [6, 6.07) is 12.6. The number of hydrogen-bond acceptors (Lipinski definition) is 6. The van der Waals surface area contributed by atoms with Crippen LogP contribution >= 0.6 is 11.6 Å². The number of amides is 2. The summed E-state index contributed by atoms with van der Waals surface area (Å²) in [6.07, 6.45) is 5.15. The number of pyridine rings is 1.